The van der Waals surface area contributed by atoms with Crippen LogP contribution >= 0.6 is 0 Å². The van der Waals surface area contributed by atoms with Crippen molar-refractivity contribution < 1.29 is 14.7 Å². The Labute approximate surface area is 121 Å². The van der Waals surface area contributed by atoms with Gasteiger partial charge >= 0.3 is 5.97 Å². The highest BCUT2D eigenvalue weighted by Gasteiger charge is 2.33. The molecule has 0 aromatic heterocycles. The van der Waals surface area contributed by atoms with E-state index >= 15 is 0 Å². The summed E-state index contributed by atoms with van der Waals surface area (Å²) >= 11 is 0. The van der Waals surface area contributed by atoms with Crippen LogP contribution in [0.5, 0.6) is 0 Å². The molecule has 0 saturated heterocycles. The van der Waals surface area contributed by atoms with Crippen molar-refractivity contribution in [1.29, 1.82) is 0 Å². The standard InChI is InChI=1S/C16H27NO3/c1-5-6-13(15(19)20)17-14(18)11-7-9-12(10-8-11)16(2,3)4/h5,11-13H,1,6-10H2,2-4H3,(H,17,18)(H,19,20). The van der Waals surface area contributed by atoms with E-state index in [0.717, 1.165) is 25.7 Å². The van der Waals surface area contributed by atoms with E-state index in [1.807, 2.05) is 0 Å². The summed E-state index contributed by atoms with van der Waals surface area (Å²) in [5.41, 5.74) is 0.286. The Balaban J connectivity index is 2.50. The molecule has 1 aliphatic rings. The summed E-state index contributed by atoms with van der Waals surface area (Å²) in [6.45, 7) is 10.2. The average molecular weight is 281 g/mol. The van der Waals surface area contributed by atoms with Crippen molar-refractivity contribution in [1.82, 2.24) is 5.32 Å². The van der Waals surface area contributed by atoms with Gasteiger partial charge in [0.25, 0.3) is 0 Å². The molecule has 20 heavy (non-hydrogen) atoms. The number of carbonyl (C=O) groups is 2. The third-order valence-electron chi connectivity index (χ3n) is 4.34. The maximum atomic E-state index is 12.1. The van der Waals surface area contributed by atoms with Gasteiger partial charge in [-0.2, -0.15) is 0 Å². The van der Waals surface area contributed by atoms with Crippen molar-refractivity contribution >= 4 is 11.9 Å². The number of hydrogen-bond donors (Lipinski definition) is 2. The molecule has 0 spiro atoms. The molecule has 4 heteroatoms. The predicted molar refractivity (Wildman–Crippen MR) is 79.3 cm³/mol. The second-order valence-electron chi connectivity index (χ2n) is 6.84. The lowest BCUT2D eigenvalue weighted by Gasteiger charge is -2.36. The van der Waals surface area contributed by atoms with E-state index in [2.05, 4.69) is 32.7 Å². The number of aliphatic carboxylic acids is 1. The molecule has 1 rings (SSSR count). The van der Waals surface area contributed by atoms with Crippen LogP contribution in [0.3, 0.4) is 0 Å². The highest BCUT2D eigenvalue weighted by Crippen LogP contribution is 2.39. The molecule has 0 aromatic rings. The maximum Gasteiger partial charge on any atom is 0.326 e. The van der Waals surface area contributed by atoms with Crippen LogP contribution in [0.4, 0.5) is 0 Å². The monoisotopic (exact) mass is 281 g/mol. The van der Waals surface area contributed by atoms with Crippen molar-refractivity contribution in [3.8, 4) is 0 Å². The lowest BCUT2D eigenvalue weighted by Crippen LogP contribution is -2.44. The first-order valence-corrected chi connectivity index (χ1v) is 7.39. The molecule has 0 heterocycles. The Morgan fingerprint density at radius 3 is 2.25 bits per heavy atom. The Bertz CT molecular complexity index is 362. The number of amides is 1. The van der Waals surface area contributed by atoms with E-state index in [0.29, 0.717) is 5.92 Å². The molecule has 0 aliphatic heterocycles. The summed E-state index contributed by atoms with van der Waals surface area (Å²) in [6, 6.07) is -0.847. The first-order valence-electron chi connectivity index (χ1n) is 7.39. The van der Waals surface area contributed by atoms with Crippen molar-refractivity contribution in [2.24, 2.45) is 17.3 Å². The van der Waals surface area contributed by atoms with Crippen LogP contribution in [0.15, 0.2) is 12.7 Å². The van der Waals surface area contributed by atoms with Gasteiger partial charge in [-0.15, -0.1) is 6.58 Å². The molecule has 2 N–H and O–H groups in total. The Kier molecular flexibility index (Phi) is 5.78. The SMILES string of the molecule is C=CCC(NC(=O)C1CCC(C(C)(C)C)CC1)C(=O)O. The Hall–Kier alpha value is -1.32. The van der Waals surface area contributed by atoms with Crippen LogP contribution in [0.25, 0.3) is 0 Å². The van der Waals surface area contributed by atoms with Crippen molar-refractivity contribution in [3.05, 3.63) is 12.7 Å². The first-order chi connectivity index (χ1) is 9.25. The highest BCUT2D eigenvalue weighted by molar-refractivity contribution is 5.85. The van der Waals surface area contributed by atoms with E-state index in [-0.39, 0.29) is 23.7 Å². The van der Waals surface area contributed by atoms with Crippen LogP contribution in [0.2, 0.25) is 0 Å². The molecule has 0 bridgehead atoms. The van der Waals surface area contributed by atoms with Gasteiger partial charge in [0, 0.05) is 5.92 Å². The molecular formula is C16H27NO3. The number of carbonyl (C=O) groups excluding carboxylic acids is 1. The summed E-state index contributed by atoms with van der Waals surface area (Å²) in [7, 11) is 0. The minimum absolute atomic E-state index is 0.0414. The number of rotatable bonds is 5. The molecular weight excluding hydrogens is 254 g/mol. The Morgan fingerprint density at radius 1 is 1.30 bits per heavy atom. The number of hydrogen-bond acceptors (Lipinski definition) is 2. The van der Waals surface area contributed by atoms with E-state index in [4.69, 9.17) is 5.11 Å². The maximum absolute atomic E-state index is 12.1. The molecule has 1 fully saturated rings. The third-order valence-corrected chi connectivity index (χ3v) is 4.34. The quantitative estimate of drug-likeness (QED) is 0.761. The van der Waals surface area contributed by atoms with Gasteiger partial charge in [0.1, 0.15) is 6.04 Å². The molecule has 1 amide bonds. The topological polar surface area (TPSA) is 66.4 Å². The van der Waals surface area contributed by atoms with Gasteiger partial charge in [-0.05, 0) is 43.4 Å². The van der Waals surface area contributed by atoms with Crippen LogP contribution in [0.1, 0.15) is 52.9 Å². The largest absolute Gasteiger partial charge is 0.480 e. The zero-order valence-corrected chi connectivity index (χ0v) is 12.8. The molecule has 114 valence electrons. The number of carboxylic acids is 1. The fourth-order valence-electron chi connectivity index (χ4n) is 2.90. The molecule has 1 unspecified atom stereocenters. The van der Waals surface area contributed by atoms with Gasteiger partial charge in [-0.1, -0.05) is 26.8 Å². The normalized spacial score (nSPS) is 24.8. The van der Waals surface area contributed by atoms with Gasteiger partial charge in [0.05, 0.1) is 0 Å². The van der Waals surface area contributed by atoms with Crippen molar-refractivity contribution in [2.75, 3.05) is 0 Å². The molecule has 4 nitrogen and oxygen atoms in total. The second-order valence-corrected chi connectivity index (χ2v) is 6.84. The van der Waals surface area contributed by atoms with Crippen LogP contribution in [0, 0.1) is 17.3 Å². The third kappa shape index (κ3) is 4.66. The predicted octanol–water partition coefficient (Wildman–Crippen LogP) is 2.98. The first kappa shape index (κ1) is 16.7. The van der Waals surface area contributed by atoms with Crippen LogP contribution in [-0.4, -0.2) is 23.0 Å². The lowest BCUT2D eigenvalue weighted by atomic mass is 9.69. The fourth-order valence-corrected chi connectivity index (χ4v) is 2.90. The number of carboxylic acid groups (broad SMARTS) is 1. The highest BCUT2D eigenvalue weighted by atomic mass is 16.4. The zero-order chi connectivity index (χ0) is 15.3. The van der Waals surface area contributed by atoms with Crippen molar-refractivity contribution in [3.63, 3.8) is 0 Å². The summed E-state index contributed by atoms with van der Waals surface area (Å²) in [5, 5.41) is 11.7. The molecule has 0 radical (unpaired) electrons. The van der Waals surface area contributed by atoms with E-state index < -0.39 is 12.0 Å². The summed E-state index contributed by atoms with van der Waals surface area (Å²) < 4.78 is 0. The van der Waals surface area contributed by atoms with E-state index in [9.17, 15) is 9.59 Å². The van der Waals surface area contributed by atoms with Gasteiger partial charge in [0.2, 0.25) is 5.91 Å². The van der Waals surface area contributed by atoms with E-state index in [1.165, 1.54) is 6.08 Å². The molecule has 1 atom stereocenters. The van der Waals surface area contributed by atoms with Gasteiger partial charge < -0.3 is 10.4 Å². The van der Waals surface area contributed by atoms with Crippen LogP contribution < -0.4 is 5.32 Å². The minimum Gasteiger partial charge on any atom is -0.480 e. The van der Waals surface area contributed by atoms with Gasteiger partial charge in [-0.3, -0.25) is 4.79 Å². The zero-order valence-electron chi connectivity index (χ0n) is 12.8. The Morgan fingerprint density at radius 2 is 1.85 bits per heavy atom. The summed E-state index contributed by atoms with van der Waals surface area (Å²) in [5.74, 6) is -0.511. The lowest BCUT2D eigenvalue weighted by molar-refractivity contribution is -0.142. The fraction of sp³-hybridized carbons (Fsp3) is 0.750. The molecule has 1 saturated carbocycles. The molecule has 1 aliphatic carbocycles. The summed E-state index contributed by atoms with van der Waals surface area (Å²) in [4.78, 5) is 23.2. The average Bonchev–Trinajstić information content (AvgIpc) is 2.37. The second kappa shape index (κ2) is 6.91. The smallest absolute Gasteiger partial charge is 0.326 e. The van der Waals surface area contributed by atoms with E-state index in [1.54, 1.807) is 0 Å². The van der Waals surface area contributed by atoms with Crippen molar-refractivity contribution in [2.45, 2.75) is 58.9 Å². The minimum atomic E-state index is -0.998. The van der Waals surface area contributed by atoms with Crippen LogP contribution in [-0.2, 0) is 9.59 Å². The summed E-state index contributed by atoms with van der Waals surface area (Å²) in [6.07, 6.45) is 5.58. The van der Waals surface area contributed by atoms with Gasteiger partial charge in [0.15, 0.2) is 0 Å². The molecule has 0 aromatic carbocycles. The number of nitrogens with one attached hydrogen (secondary N) is 1. The van der Waals surface area contributed by atoms with Gasteiger partial charge in [-0.25, -0.2) is 4.79 Å².